The molecule has 1 unspecified atom stereocenters. The number of rotatable bonds is 8. The third-order valence-corrected chi connectivity index (χ3v) is 9.55. The fourth-order valence-corrected chi connectivity index (χ4v) is 7.32. The summed E-state index contributed by atoms with van der Waals surface area (Å²) >= 11 is 0. The van der Waals surface area contributed by atoms with E-state index in [2.05, 4.69) is 175 Å². The summed E-state index contributed by atoms with van der Waals surface area (Å²) in [4.78, 5) is 0. The molecule has 1 atom stereocenters. The van der Waals surface area contributed by atoms with Crippen molar-refractivity contribution < 1.29 is 0 Å². The van der Waals surface area contributed by atoms with Crippen molar-refractivity contribution in [2.24, 2.45) is 0 Å². The van der Waals surface area contributed by atoms with Gasteiger partial charge in [-0.15, -0.1) is 0 Å². The zero-order valence-corrected chi connectivity index (χ0v) is 25.8. The Balaban J connectivity index is 1.17. The van der Waals surface area contributed by atoms with E-state index < -0.39 is 0 Å². The van der Waals surface area contributed by atoms with Gasteiger partial charge in [-0.3, -0.25) is 10.6 Å². The fourth-order valence-electron chi connectivity index (χ4n) is 7.32. The molecule has 1 heterocycles. The monoisotopic (exact) mass is 583 g/mol. The lowest BCUT2D eigenvalue weighted by Gasteiger charge is -2.22. The smallest absolute Gasteiger partial charge is 0.0840 e. The van der Waals surface area contributed by atoms with Crippen LogP contribution in [0.3, 0.4) is 0 Å². The van der Waals surface area contributed by atoms with Gasteiger partial charge in [0, 0.05) is 35.0 Å². The van der Waals surface area contributed by atoms with Gasteiger partial charge in [-0.05, 0) is 63.2 Å². The minimum atomic E-state index is -0.0290. The van der Waals surface area contributed by atoms with E-state index in [1.165, 1.54) is 66.4 Å². The van der Waals surface area contributed by atoms with Crippen molar-refractivity contribution in [3.63, 3.8) is 0 Å². The predicted octanol–water partition coefficient (Wildman–Crippen LogP) is 9.67. The van der Waals surface area contributed by atoms with Crippen LogP contribution in [-0.2, 0) is 18.5 Å². The van der Waals surface area contributed by atoms with E-state index in [0.29, 0.717) is 0 Å². The summed E-state index contributed by atoms with van der Waals surface area (Å²) in [6, 6.07) is 52.7. The van der Waals surface area contributed by atoms with Crippen LogP contribution >= 0.6 is 0 Å². The Labute approximate surface area is 265 Å². The predicted molar refractivity (Wildman–Crippen MR) is 188 cm³/mol. The Morgan fingerprint density at radius 1 is 0.578 bits per heavy atom. The van der Waals surface area contributed by atoms with Gasteiger partial charge in [-0.25, -0.2) is 0 Å². The number of nitrogens with zero attached hydrogens (tertiary/aromatic N) is 1. The molecule has 0 radical (unpaired) electrons. The van der Waals surface area contributed by atoms with Gasteiger partial charge in [0.2, 0.25) is 0 Å². The van der Waals surface area contributed by atoms with Gasteiger partial charge in [-0.1, -0.05) is 135 Å². The van der Waals surface area contributed by atoms with Crippen LogP contribution in [-0.4, -0.2) is 4.57 Å². The summed E-state index contributed by atoms with van der Waals surface area (Å²) in [5.74, 6) is 0. The number of hydrogen-bond donors (Lipinski definition) is 2. The van der Waals surface area contributed by atoms with Gasteiger partial charge in [0.1, 0.15) is 0 Å². The molecule has 220 valence electrons. The van der Waals surface area contributed by atoms with Crippen molar-refractivity contribution in [1.82, 2.24) is 15.2 Å². The first-order chi connectivity index (χ1) is 22.1. The molecule has 0 fully saturated rings. The number of benzene rings is 6. The number of hydrogen-bond acceptors (Lipinski definition) is 2. The maximum atomic E-state index is 3.80. The average Bonchev–Trinajstić information content (AvgIpc) is 3.55. The minimum Gasteiger partial charge on any atom is -0.309 e. The molecule has 1 aliphatic carbocycles. The van der Waals surface area contributed by atoms with Gasteiger partial charge in [-0.2, -0.15) is 0 Å². The lowest BCUT2D eigenvalue weighted by molar-refractivity contribution is 0.436. The third kappa shape index (κ3) is 4.76. The van der Waals surface area contributed by atoms with E-state index >= 15 is 0 Å². The topological polar surface area (TPSA) is 29.0 Å². The van der Waals surface area contributed by atoms with E-state index in [1.54, 1.807) is 0 Å². The standard InChI is InChI=1S/C42H37N3/c1-42(2)35-22-11-9-20-33(35)39-36(42)24-25-38-40(39)34-21-10-12-23-37(34)45(38)32-19-13-16-30(26-32)28-44-41(31-17-7-4-8-18-31)43-27-29-14-5-3-6-15-29/h3-26,41,43-44H,27-28H2,1-2H3. The molecule has 0 saturated heterocycles. The zero-order chi connectivity index (χ0) is 30.4. The molecule has 2 N–H and O–H groups in total. The maximum Gasteiger partial charge on any atom is 0.0840 e. The highest BCUT2D eigenvalue weighted by Gasteiger charge is 2.37. The quantitative estimate of drug-likeness (QED) is 0.174. The molecule has 0 amide bonds. The number of para-hydroxylation sites is 1. The van der Waals surface area contributed by atoms with Crippen molar-refractivity contribution >= 4 is 21.8 Å². The van der Waals surface area contributed by atoms with Crippen LogP contribution in [0.5, 0.6) is 0 Å². The zero-order valence-electron chi connectivity index (χ0n) is 25.8. The first-order valence-electron chi connectivity index (χ1n) is 15.9. The van der Waals surface area contributed by atoms with E-state index in [9.17, 15) is 0 Å². The van der Waals surface area contributed by atoms with Crippen molar-refractivity contribution in [3.8, 4) is 16.8 Å². The van der Waals surface area contributed by atoms with E-state index in [4.69, 9.17) is 0 Å². The van der Waals surface area contributed by atoms with Crippen molar-refractivity contribution in [3.05, 3.63) is 173 Å². The Morgan fingerprint density at radius 2 is 1.24 bits per heavy atom. The maximum absolute atomic E-state index is 3.80. The van der Waals surface area contributed by atoms with Crippen LogP contribution in [0.1, 0.15) is 47.8 Å². The summed E-state index contributed by atoms with van der Waals surface area (Å²) in [5.41, 5.74) is 12.9. The Kier molecular flexibility index (Phi) is 6.86. The highest BCUT2D eigenvalue weighted by Crippen LogP contribution is 2.53. The van der Waals surface area contributed by atoms with Gasteiger partial charge in [0.25, 0.3) is 0 Å². The van der Waals surface area contributed by atoms with Crippen LogP contribution in [0.4, 0.5) is 0 Å². The molecule has 0 bridgehead atoms. The van der Waals surface area contributed by atoms with E-state index in [-0.39, 0.29) is 11.6 Å². The lowest BCUT2D eigenvalue weighted by atomic mass is 9.82. The molecule has 1 aliphatic rings. The summed E-state index contributed by atoms with van der Waals surface area (Å²) in [6.45, 7) is 6.25. The molecule has 0 spiro atoms. The van der Waals surface area contributed by atoms with Gasteiger partial charge in [0.15, 0.2) is 0 Å². The van der Waals surface area contributed by atoms with Crippen LogP contribution in [0.15, 0.2) is 146 Å². The summed E-state index contributed by atoms with van der Waals surface area (Å²) in [5, 5.41) is 10.2. The fraction of sp³-hybridized carbons (Fsp3) is 0.143. The van der Waals surface area contributed by atoms with Gasteiger partial charge in [0.05, 0.1) is 17.2 Å². The number of fused-ring (bicyclic) bond motifs is 7. The van der Waals surface area contributed by atoms with Crippen molar-refractivity contribution in [1.29, 1.82) is 0 Å². The largest absolute Gasteiger partial charge is 0.309 e. The van der Waals surface area contributed by atoms with Crippen LogP contribution in [0, 0.1) is 0 Å². The average molecular weight is 584 g/mol. The third-order valence-electron chi connectivity index (χ3n) is 9.55. The molecular formula is C42H37N3. The molecule has 7 aromatic rings. The van der Waals surface area contributed by atoms with Crippen molar-refractivity contribution in [2.45, 2.75) is 38.5 Å². The minimum absolute atomic E-state index is 0.0225. The Hall–Kier alpha value is -4.96. The molecule has 1 aromatic heterocycles. The molecule has 3 heteroatoms. The van der Waals surface area contributed by atoms with Crippen LogP contribution in [0.2, 0.25) is 0 Å². The van der Waals surface area contributed by atoms with Crippen LogP contribution in [0.25, 0.3) is 38.6 Å². The molecule has 45 heavy (non-hydrogen) atoms. The molecule has 3 nitrogen and oxygen atoms in total. The second kappa shape index (κ2) is 11.2. The first-order valence-corrected chi connectivity index (χ1v) is 15.9. The highest BCUT2D eigenvalue weighted by atomic mass is 15.1. The van der Waals surface area contributed by atoms with Crippen LogP contribution < -0.4 is 10.6 Å². The normalized spacial score (nSPS) is 14.0. The number of nitrogens with one attached hydrogen (secondary N) is 2. The SMILES string of the molecule is CC1(C)c2ccccc2-c2c1ccc1c2c2ccccc2n1-c1cccc(CNC(NCc2ccccc2)c2ccccc2)c1. The summed E-state index contributed by atoms with van der Waals surface area (Å²) in [6.07, 6.45) is 0.0225. The molecular weight excluding hydrogens is 546 g/mol. The first kappa shape index (κ1) is 27.6. The second-order valence-corrected chi connectivity index (χ2v) is 12.7. The van der Waals surface area contributed by atoms with E-state index in [1.807, 2.05) is 0 Å². The van der Waals surface area contributed by atoms with Gasteiger partial charge < -0.3 is 4.57 Å². The number of aromatic nitrogens is 1. The van der Waals surface area contributed by atoms with Crippen molar-refractivity contribution in [2.75, 3.05) is 0 Å². The Bertz CT molecular complexity index is 2140. The summed E-state index contributed by atoms with van der Waals surface area (Å²) in [7, 11) is 0. The second-order valence-electron chi connectivity index (χ2n) is 12.7. The van der Waals surface area contributed by atoms with E-state index in [0.717, 1.165) is 13.1 Å². The summed E-state index contributed by atoms with van der Waals surface area (Å²) < 4.78 is 2.45. The highest BCUT2D eigenvalue weighted by molar-refractivity contribution is 6.17. The molecule has 0 aliphatic heterocycles. The van der Waals surface area contributed by atoms with Gasteiger partial charge >= 0.3 is 0 Å². The Morgan fingerprint density at radius 3 is 2.07 bits per heavy atom. The molecule has 0 saturated carbocycles. The molecule has 6 aromatic carbocycles. The lowest BCUT2D eigenvalue weighted by Crippen LogP contribution is -2.33. The molecule has 8 rings (SSSR count).